The SMILES string of the molecule is C[C@@H](OC(=O)Nc1cc(F)sc1-c1ccc(-c2ccc(C3(C(=O)O)CC3)cc2)cc1)c1ccc(F)cc1Cl. The van der Waals surface area contributed by atoms with Crippen molar-refractivity contribution >= 4 is 40.7 Å². The number of ether oxygens (including phenoxy) is 1. The van der Waals surface area contributed by atoms with Crippen LogP contribution in [0, 0.1) is 10.9 Å². The summed E-state index contributed by atoms with van der Waals surface area (Å²) in [4.78, 5) is 24.6. The number of hydrogen-bond acceptors (Lipinski definition) is 4. The molecule has 9 heteroatoms. The first-order chi connectivity index (χ1) is 18.2. The minimum absolute atomic E-state index is 0.135. The Morgan fingerprint density at radius 2 is 1.58 bits per heavy atom. The highest BCUT2D eigenvalue weighted by molar-refractivity contribution is 7.14. The van der Waals surface area contributed by atoms with Crippen LogP contribution in [0.1, 0.15) is 37.0 Å². The summed E-state index contributed by atoms with van der Waals surface area (Å²) in [5, 5.41) is 11.7. The Hall–Kier alpha value is -3.75. The van der Waals surface area contributed by atoms with Crippen LogP contribution in [0.4, 0.5) is 19.3 Å². The lowest BCUT2D eigenvalue weighted by Gasteiger charge is -2.16. The first-order valence-electron chi connectivity index (χ1n) is 11.8. The maximum Gasteiger partial charge on any atom is 0.412 e. The third-order valence-corrected chi connectivity index (χ3v) is 8.00. The Bertz CT molecular complexity index is 1510. The molecule has 1 fully saturated rings. The fourth-order valence-electron chi connectivity index (χ4n) is 4.41. The zero-order valence-electron chi connectivity index (χ0n) is 20.1. The number of benzene rings is 3. The van der Waals surface area contributed by atoms with Gasteiger partial charge in [0, 0.05) is 11.6 Å². The van der Waals surface area contributed by atoms with Crippen molar-refractivity contribution in [1.82, 2.24) is 0 Å². The van der Waals surface area contributed by atoms with Gasteiger partial charge in [-0.15, -0.1) is 11.3 Å². The van der Waals surface area contributed by atoms with E-state index >= 15 is 0 Å². The van der Waals surface area contributed by atoms with Crippen molar-refractivity contribution in [3.05, 3.63) is 99.9 Å². The summed E-state index contributed by atoms with van der Waals surface area (Å²) < 4.78 is 32.9. The molecule has 1 heterocycles. The summed E-state index contributed by atoms with van der Waals surface area (Å²) in [7, 11) is 0. The van der Waals surface area contributed by atoms with Crippen LogP contribution >= 0.6 is 22.9 Å². The van der Waals surface area contributed by atoms with Crippen LogP contribution in [0.3, 0.4) is 0 Å². The normalized spacial score (nSPS) is 14.5. The predicted octanol–water partition coefficient (Wildman–Crippen LogP) is 8.44. The van der Waals surface area contributed by atoms with Crippen LogP contribution in [0.2, 0.25) is 5.02 Å². The number of carbonyl (C=O) groups is 2. The summed E-state index contributed by atoms with van der Waals surface area (Å²) in [6.45, 7) is 1.60. The summed E-state index contributed by atoms with van der Waals surface area (Å²) in [6, 6.07) is 19.9. The average molecular weight is 554 g/mol. The number of carboxylic acid groups (broad SMARTS) is 1. The lowest BCUT2D eigenvalue weighted by molar-refractivity contribution is -0.140. The molecule has 0 radical (unpaired) electrons. The quantitative estimate of drug-likeness (QED) is 0.241. The molecule has 5 nitrogen and oxygen atoms in total. The number of halogens is 3. The highest BCUT2D eigenvalue weighted by Gasteiger charge is 2.51. The van der Waals surface area contributed by atoms with Gasteiger partial charge in [0.15, 0.2) is 5.13 Å². The Balaban J connectivity index is 1.30. The fraction of sp³-hybridized carbons (Fsp3) is 0.172. The molecule has 0 unspecified atom stereocenters. The number of carboxylic acids is 1. The second-order valence-electron chi connectivity index (χ2n) is 9.17. The van der Waals surface area contributed by atoms with E-state index in [0.29, 0.717) is 28.8 Å². The lowest BCUT2D eigenvalue weighted by Crippen LogP contribution is -2.19. The first-order valence-corrected chi connectivity index (χ1v) is 13.0. The number of amides is 1. The van der Waals surface area contributed by atoms with Gasteiger partial charge in [-0.25, -0.2) is 9.18 Å². The van der Waals surface area contributed by atoms with E-state index in [9.17, 15) is 23.5 Å². The molecule has 0 saturated heterocycles. The van der Waals surface area contributed by atoms with E-state index in [-0.39, 0.29) is 10.7 Å². The molecule has 0 bridgehead atoms. The molecule has 0 spiro atoms. The van der Waals surface area contributed by atoms with E-state index in [1.54, 1.807) is 6.92 Å². The van der Waals surface area contributed by atoms with Gasteiger partial charge >= 0.3 is 12.1 Å². The molecule has 0 aliphatic heterocycles. The lowest BCUT2D eigenvalue weighted by atomic mass is 9.93. The maximum atomic E-state index is 14.2. The summed E-state index contributed by atoms with van der Waals surface area (Å²) in [6.07, 6.45) is -0.262. The van der Waals surface area contributed by atoms with Crippen LogP contribution in [0.15, 0.2) is 72.8 Å². The molecular formula is C29H22ClF2NO4S. The average Bonchev–Trinajstić information content (AvgIpc) is 3.62. The van der Waals surface area contributed by atoms with Crippen molar-refractivity contribution < 1.29 is 28.2 Å². The number of aliphatic carboxylic acids is 1. The smallest absolute Gasteiger partial charge is 0.412 e. The standard InChI is InChI=1S/C29H22ClF2NO4S/c1-16(22-11-10-21(31)14-23(22)30)37-28(36)33-24-15-25(32)38-26(24)19-4-2-17(3-5-19)18-6-8-20(9-7-18)29(12-13-29)27(34)35/h2-11,14-16H,12-13H2,1H3,(H,33,36)(H,34,35)/t16-/m1/s1. The van der Waals surface area contributed by atoms with E-state index < -0.39 is 34.5 Å². The number of nitrogens with one attached hydrogen (secondary N) is 1. The van der Waals surface area contributed by atoms with Crippen molar-refractivity contribution in [2.75, 3.05) is 5.32 Å². The van der Waals surface area contributed by atoms with Gasteiger partial charge in [0.25, 0.3) is 0 Å². The van der Waals surface area contributed by atoms with Crippen molar-refractivity contribution in [2.45, 2.75) is 31.3 Å². The van der Waals surface area contributed by atoms with Crippen molar-refractivity contribution in [1.29, 1.82) is 0 Å². The van der Waals surface area contributed by atoms with Crippen LogP contribution in [-0.4, -0.2) is 17.2 Å². The number of carbonyl (C=O) groups excluding carboxylic acids is 1. The van der Waals surface area contributed by atoms with Crippen molar-refractivity contribution in [2.24, 2.45) is 0 Å². The molecule has 2 N–H and O–H groups in total. The van der Waals surface area contributed by atoms with E-state index in [1.807, 2.05) is 48.5 Å². The van der Waals surface area contributed by atoms with Gasteiger partial charge in [0.2, 0.25) is 0 Å². The van der Waals surface area contributed by atoms with Crippen LogP contribution in [0.25, 0.3) is 21.6 Å². The molecule has 1 aliphatic carbocycles. The Morgan fingerprint density at radius 3 is 2.16 bits per heavy atom. The van der Waals surface area contributed by atoms with Crippen LogP contribution in [0.5, 0.6) is 0 Å². The molecule has 1 aliphatic rings. The molecule has 1 aromatic heterocycles. The second kappa shape index (κ2) is 10.2. The Morgan fingerprint density at radius 1 is 0.974 bits per heavy atom. The highest BCUT2D eigenvalue weighted by Crippen LogP contribution is 2.48. The van der Waals surface area contributed by atoms with E-state index in [1.165, 1.54) is 18.2 Å². The fourth-order valence-corrected chi connectivity index (χ4v) is 5.58. The highest BCUT2D eigenvalue weighted by atomic mass is 35.5. The Kier molecular flexibility index (Phi) is 6.94. The number of rotatable bonds is 7. The van der Waals surface area contributed by atoms with Gasteiger partial charge in [-0.1, -0.05) is 66.2 Å². The van der Waals surface area contributed by atoms with Gasteiger partial charge in [0.1, 0.15) is 11.9 Å². The molecular weight excluding hydrogens is 532 g/mol. The first kappa shape index (κ1) is 25.9. The van der Waals surface area contributed by atoms with E-state index in [0.717, 1.165) is 34.1 Å². The van der Waals surface area contributed by atoms with Gasteiger partial charge in [-0.05, 0) is 54.2 Å². The molecule has 3 aromatic carbocycles. The molecule has 5 rings (SSSR count). The predicted molar refractivity (Wildman–Crippen MR) is 144 cm³/mol. The molecule has 1 atom stereocenters. The van der Waals surface area contributed by atoms with Gasteiger partial charge < -0.3 is 9.84 Å². The minimum Gasteiger partial charge on any atom is -0.481 e. The Labute approximate surface area is 226 Å². The number of hydrogen-bond donors (Lipinski definition) is 2. The van der Waals surface area contributed by atoms with Crippen molar-refractivity contribution in [3.63, 3.8) is 0 Å². The van der Waals surface area contributed by atoms with Crippen molar-refractivity contribution in [3.8, 4) is 21.6 Å². The third kappa shape index (κ3) is 5.14. The van der Waals surface area contributed by atoms with E-state index in [2.05, 4.69) is 5.32 Å². The summed E-state index contributed by atoms with van der Waals surface area (Å²) in [5.41, 5.74) is 3.30. The minimum atomic E-state index is -0.802. The van der Waals surface area contributed by atoms with Gasteiger partial charge in [-0.2, -0.15) is 4.39 Å². The van der Waals surface area contributed by atoms with Gasteiger partial charge in [0.05, 0.1) is 21.0 Å². The monoisotopic (exact) mass is 553 g/mol. The number of thiophene rings is 1. The third-order valence-electron chi connectivity index (χ3n) is 6.70. The molecule has 194 valence electrons. The second-order valence-corrected chi connectivity index (χ2v) is 10.6. The number of anilines is 1. The van der Waals surface area contributed by atoms with Crippen LogP contribution in [-0.2, 0) is 14.9 Å². The molecule has 4 aromatic rings. The topological polar surface area (TPSA) is 75.6 Å². The maximum absolute atomic E-state index is 14.2. The molecule has 38 heavy (non-hydrogen) atoms. The zero-order valence-corrected chi connectivity index (χ0v) is 21.7. The molecule has 1 saturated carbocycles. The largest absolute Gasteiger partial charge is 0.481 e. The molecule has 1 amide bonds. The van der Waals surface area contributed by atoms with E-state index in [4.69, 9.17) is 16.3 Å². The summed E-state index contributed by atoms with van der Waals surface area (Å²) >= 11 is 6.94. The summed E-state index contributed by atoms with van der Waals surface area (Å²) in [5.74, 6) is -1.29. The van der Waals surface area contributed by atoms with Gasteiger partial charge in [-0.3, -0.25) is 10.1 Å². The zero-order chi connectivity index (χ0) is 27.0. The van der Waals surface area contributed by atoms with Crippen LogP contribution < -0.4 is 5.32 Å².